The molecule has 0 saturated heterocycles. The van der Waals surface area contributed by atoms with Gasteiger partial charge in [-0.1, -0.05) is 49.4 Å². The van der Waals surface area contributed by atoms with Crippen LogP contribution in [0, 0.1) is 0 Å². The van der Waals surface area contributed by atoms with Crippen molar-refractivity contribution in [2.75, 3.05) is 5.32 Å². The van der Waals surface area contributed by atoms with Crippen molar-refractivity contribution in [2.45, 2.75) is 25.3 Å². The fraction of sp³-hybridized carbons (Fsp3) is 0.235. The number of hydrogen-bond donors (Lipinski definition) is 2. The van der Waals surface area contributed by atoms with Crippen molar-refractivity contribution in [1.29, 1.82) is 0 Å². The summed E-state index contributed by atoms with van der Waals surface area (Å²) in [5, 5.41) is 2.84. The van der Waals surface area contributed by atoms with Crippen molar-refractivity contribution in [3.8, 4) is 0 Å². The minimum Gasteiger partial charge on any atom is -0.326 e. The van der Waals surface area contributed by atoms with Gasteiger partial charge in [0.1, 0.15) is 0 Å². The van der Waals surface area contributed by atoms with Gasteiger partial charge in [-0.15, -0.1) is 0 Å². The van der Waals surface area contributed by atoms with Gasteiger partial charge in [0.15, 0.2) is 0 Å². The molecule has 3 heteroatoms. The number of amides is 1. The first-order chi connectivity index (χ1) is 9.65. The van der Waals surface area contributed by atoms with E-state index in [2.05, 4.69) is 30.4 Å². The highest BCUT2D eigenvalue weighted by molar-refractivity contribution is 5.99. The number of anilines is 1. The minimum absolute atomic E-state index is 0.0572. The number of benzene rings is 2. The summed E-state index contributed by atoms with van der Waals surface area (Å²) in [5.41, 5.74) is 10.7. The predicted molar refractivity (Wildman–Crippen MR) is 80.6 cm³/mol. The Labute approximate surface area is 118 Å². The lowest BCUT2D eigenvalue weighted by molar-refractivity contribution is -0.115. The van der Waals surface area contributed by atoms with E-state index in [1.54, 1.807) is 0 Å². The number of hydrogen-bond acceptors (Lipinski definition) is 2. The Morgan fingerprint density at radius 1 is 1.10 bits per heavy atom. The van der Waals surface area contributed by atoms with Gasteiger partial charge in [-0.3, -0.25) is 4.79 Å². The maximum Gasteiger partial charge on any atom is 0.228 e. The smallest absolute Gasteiger partial charge is 0.228 e. The number of carbonyl (C=O) groups excluding carboxylic acids is 1. The van der Waals surface area contributed by atoms with E-state index in [4.69, 9.17) is 5.73 Å². The first kappa shape index (κ1) is 12.9. The fourth-order valence-corrected chi connectivity index (χ4v) is 2.71. The first-order valence-electron chi connectivity index (χ1n) is 6.88. The van der Waals surface area contributed by atoms with Crippen molar-refractivity contribution in [3.05, 3.63) is 65.2 Å². The molecule has 102 valence electrons. The molecule has 0 aliphatic carbocycles. The van der Waals surface area contributed by atoms with E-state index in [1.165, 1.54) is 5.56 Å². The van der Waals surface area contributed by atoms with Crippen LogP contribution in [0.15, 0.2) is 48.5 Å². The van der Waals surface area contributed by atoms with Gasteiger partial charge in [-0.05, 0) is 22.8 Å². The molecule has 3 nitrogen and oxygen atoms in total. The van der Waals surface area contributed by atoms with Crippen molar-refractivity contribution in [2.24, 2.45) is 5.73 Å². The standard InChI is InChI=1S/C17H18N2O/c1-11(12-5-3-2-4-6-12)17(18)13-7-8-15-14(9-13)10-16(20)19-15/h2-9,11,17H,10,18H2,1H3,(H,19,20). The third kappa shape index (κ3) is 2.32. The Hall–Kier alpha value is -2.13. The molecule has 1 aliphatic rings. The Balaban J connectivity index is 1.86. The van der Waals surface area contributed by atoms with Gasteiger partial charge in [-0.2, -0.15) is 0 Å². The van der Waals surface area contributed by atoms with Crippen LogP contribution in [0.25, 0.3) is 0 Å². The molecule has 0 aromatic heterocycles. The van der Waals surface area contributed by atoms with Gasteiger partial charge in [0.05, 0.1) is 6.42 Å². The van der Waals surface area contributed by atoms with E-state index in [-0.39, 0.29) is 17.9 Å². The predicted octanol–water partition coefficient (Wildman–Crippen LogP) is 2.98. The molecule has 0 saturated carbocycles. The second-order valence-electron chi connectivity index (χ2n) is 5.37. The zero-order valence-corrected chi connectivity index (χ0v) is 11.5. The van der Waals surface area contributed by atoms with Crippen LogP contribution in [-0.2, 0) is 11.2 Å². The van der Waals surface area contributed by atoms with Crippen LogP contribution >= 0.6 is 0 Å². The summed E-state index contributed by atoms with van der Waals surface area (Å²) >= 11 is 0. The lowest BCUT2D eigenvalue weighted by Gasteiger charge is -2.21. The van der Waals surface area contributed by atoms with Crippen molar-refractivity contribution in [3.63, 3.8) is 0 Å². The number of carbonyl (C=O) groups is 1. The second kappa shape index (κ2) is 5.10. The first-order valence-corrected chi connectivity index (χ1v) is 6.88. The molecule has 0 bridgehead atoms. The maximum atomic E-state index is 11.4. The van der Waals surface area contributed by atoms with Crippen LogP contribution in [0.3, 0.4) is 0 Å². The van der Waals surface area contributed by atoms with Gasteiger partial charge in [0, 0.05) is 17.6 Å². The minimum atomic E-state index is -0.0709. The lowest BCUT2D eigenvalue weighted by atomic mass is 9.88. The summed E-state index contributed by atoms with van der Waals surface area (Å²) in [6.45, 7) is 2.14. The van der Waals surface area contributed by atoms with Crippen LogP contribution < -0.4 is 11.1 Å². The Morgan fingerprint density at radius 3 is 2.60 bits per heavy atom. The zero-order chi connectivity index (χ0) is 14.1. The molecule has 3 N–H and O–H groups in total. The number of nitrogens with one attached hydrogen (secondary N) is 1. The van der Waals surface area contributed by atoms with E-state index < -0.39 is 0 Å². The molecule has 3 rings (SSSR count). The zero-order valence-electron chi connectivity index (χ0n) is 11.5. The topological polar surface area (TPSA) is 55.1 Å². The highest BCUT2D eigenvalue weighted by Crippen LogP contribution is 2.32. The normalized spacial score (nSPS) is 16.4. The third-order valence-corrected chi connectivity index (χ3v) is 4.00. The van der Waals surface area contributed by atoms with Crippen LogP contribution in [0.2, 0.25) is 0 Å². The van der Waals surface area contributed by atoms with Crippen LogP contribution in [0.1, 0.15) is 35.6 Å². The Morgan fingerprint density at radius 2 is 1.85 bits per heavy atom. The molecule has 0 radical (unpaired) electrons. The molecule has 2 atom stereocenters. The van der Waals surface area contributed by atoms with Gasteiger partial charge in [0.2, 0.25) is 5.91 Å². The maximum absolute atomic E-state index is 11.4. The summed E-state index contributed by atoms with van der Waals surface area (Å²) in [6.07, 6.45) is 0.454. The van der Waals surface area contributed by atoms with Crippen LogP contribution in [-0.4, -0.2) is 5.91 Å². The molecular formula is C17H18N2O. The van der Waals surface area contributed by atoms with Gasteiger partial charge in [0.25, 0.3) is 0 Å². The van der Waals surface area contributed by atoms with Gasteiger partial charge < -0.3 is 11.1 Å². The van der Waals surface area contributed by atoms with E-state index in [0.29, 0.717) is 6.42 Å². The molecule has 20 heavy (non-hydrogen) atoms. The summed E-state index contributed by atoms with van der Waals surface area (Å²) in [5.74, 6) is 0.293. The summed E-state index contributed by atoms with van der Waals surface area (Å²) in [4.78, 5) is 11.4. The lowest BCUT2D eigenvalue weighted by Crippen LogP contribution is -2.17. The average Bonchev–Trinajstić information content (AvgIpc) is 2.85. The third-order valence-electron chi connectivity index (χ3n) is 4.00. The van der Waals surface area contributed by atoms with Crippen molar-refractivity contribution < 1.29 is 4.79 Å². The molecule has 2 aromatic carbocycles. The van der Waals surface area contributed by atoms with E-state index in [1.807, 2.05) is 30.3 Å². The molecule has 1 heterocycles. The largest absolute Gasteiger partial charge is 0.326 e. The van der Waals surface area contributed by atoms with Gasteiger partial charge >= 0.3 is 0 Å². The van der Waals surface area contributed by atoms with Gasteiger partial charge in [-0.25, -0.2) is 0 Å². The fourth-order valence-electron chi connectivity index (χ4n) is 2.71. The summed E-state index contributed by atoms with van der Waals surface area (Å²) < 4.78 is 0. The molecule has 0 spiro atoms. The van der Waals surface area contributed by atoms with E-state index >= 15 is 0 Å². The van der Waals surface area contributed by atoms with Crippen LogP contribution in [0.4, 0.5) is 5.69 Å². The second-order valence-corrected chi connectivity index (χ2v) is 5.37. The Bertz CT molecular complexity index is 637. The number of fused-ring (bicyclic) bond motifs is 1. The highest BCUT2D eigenvalue weighted by Gasteiger charge is 2.21. The molecule has 0 fully saturated rings. The van der Waals surface area contributed by atoms with E-state index in [9.17, 15) is 4.79 Å². The molecule has 1 aliphatic heterocycles. The SMILES string of the molecule is CC(c1ccccc1)C(N)c1ccc2c(c1)CC(=O)N2. The van der Waals surface area contributed by atoms with Crippen LogP contribution in [0.5, 0.6) is 0 Å². The average molecular weight is 266 g/mol. The van der Waals surface area contributed by atoms with Crippen molar-refractivity contribution >= 4 is 11.6 Å². The molecule has 1 amide bonds. The molecular weight excluding hydrogens is 248 g/mol. The molecule has 2 unspecified atom stereocenters. The quantitative estimate of drug-likeness (QED) is 0.897. The molecule has 2 aromatic rings. The monoisotopic (exact) mass is 266 g/mol. The number of rotatable bonds is 3. The number of nitrogens with two attached hydrogens (primary N) is 1. The van der Waals surface area contributed by atoms with E-state index in [0.717, 1.165) is 16.8 Å². The summed E-state index contributed by atoms with van der Waals surface area (Å²) in [6, 6.07) is 16.2. The van der Waals surface area contributed by atoms with Crippen molar-refractivity contribution in [1.82, 2.24) is 0 Å². The summed E-state index contributed by atoms with van der Waals surface area (Å²) in [7, 11) is 0. The highest BCUT2D eigenvalue weighted by atomic mass is 16.1. The Kier molecular flexibility index (Phi) is 3.28.